The molecule has 6 aromatic rings. The predicted octanol–water partition coefficient (Wildman–Crippen LogP) is 4.31. The van der Waals surface area contributed by atoms with Gasteiger partial charge in [0, 0.05) is 30.3 Å². The Bertz CT molecular complexity index is 1930. The molecule has 0 atom stereocenters. The lowest BCUT2D eigenvalue weighted by Crippen LogP contribution is -2.35. The number of hydrogen-bond donors (Lipinski definition) is 2. The Morgan fingerprint density at radius 2 is 1.16 bits per heavy atom. The van der Waals surface area contributed by atoms with Gasteiger partial charge in [-0.15, -0.1) is 0 Å². The zero-order valence-electron chi connectivity index (χ0n) is 23.7. The molecule has 0 bridgehead atoms. The molecule has 6 rings (SSSR count). The highest BCUT2D eigenvalue weighted by Gasteiger charge is 2.20. The molecule has 0 aliphatic carbocycles. The molecule has 0 spiro atoms. The number of aromatic nitrogens is 10. The van der Waals surface area contributed by atoms with Crippen LogP contribution in [0.4, 0.5) is 11.9 Å². The number of nitrogens with two attached hydrogens (primary N) is 2. The van der Waals surface area contributed by atoms with Crippen LogP contribution in [0.15, 0.2) is 38.5 Å². The van der Waals surface area contributed by atoms with Crippen LogP contribution in [0.2, 0.25) is 0 Å². The van der Waals surface area contributed by atoms with Gasteiger partial charge in [-0.1, -0.05) is 0 Å². The lowest BCUT2D eigenvalue weighted by atomic mass is 10.1. The van der Waals surface area contributed by atoms with Gasteiger partial charge in [0.2, 0.25) is 23.3 Å². The van der Waals surface area contributed by atoms with Crippen LogP contribution in [-0.2, 0) is 13.1 Å². The van der Waals surface area contributed by atoms with Gasteiger partial charge >= 0.3 is 0 Å². The minimum atomic E-state index is 0.151. The Morgan fingerprint density at radius 3 is 1.64 bits per heavy atom. The summed E-state index contributed by atoms with van der Waals surface area (Å²) in [5, 5.41) is 34.5. The molecule has 4 N–H and O–H groups in total. The van der Waals surface area contributed by atoms with Crippen molar-refractivity contribution in [3.63, 3.8) is 0 Å². The molecule has 0 aliphatic rings. The summed E-state index contributed by atoms with van der Waals surface area (Å²) in [6.07, 6.45) is 6.42. The van der Waals surface area contributed by atoms with Crippen LogP contribution in [0.3, 0.4) is 0 Å². The van der Waals surface area contributed by atoms with E-state index in [1.807, 2.05) is 27.7 Å². The molecule has 6 aromatic heterocycles. The smallest absolute Gasteiger partial charge is 0.223 e. The van der Waals surface area contributed by atoms with Crippen LogP contribution in [0, 0.1) is 41.7 Å². The molecule has 228 valence electrons. The molecule has 0 aliphatic heterocycles. The highest BCUT2D eigenvalue weighted by Crippen LogP contribution is 2.25. The Hall–Kier alpha value is -3.23. The van der Waals surface area contributed by atoms with E-state index in [1.165, 1.54) is 6.20 Å². The number of pyridine rings is 2. The Kier molecular flexibility index (Phi) is 9.24. The number of aryl methyl sites for hydroxylation is 2. The molecule has 44 heavy (non-hydrogen) atoms. The molecule has 0 saturated carbocycles. The lowest BCUT2D eigenvalue weighted by molar-refractivity contribution is -0.615. The molecule has 0 fully saturated rings. The van der Waals surface area contributed by atoms with Crippen molar-refractivity contribution in [1.82, 2.24) is 39.5 Å². The van der Waals surface area contributed by atoms with Gasteiger partial charge in [0.05, 0.1) is 23.2 Å². The van der Waals surface area contributed by atoms with Crippen LogP contribution in [-0.4, -0.2) is 39.5 Å². The van der Waals surface area contributed by atoms with E-state index < -0.39 is 0 Å². The van der Waals surface area contributed by atoms with Gasteiger partial charge in [-0.3, -0.25) is 0 Å². The van der Waals surface area contributed by atoms with E-state index in [9.17, 15) is 10.4 Å². The van der Waals surface area contributed by atoms with Crippen molar-refractivity contribution < 1.29 is 9.46 Å². The molecule has 0 amide bonds. The second-order valence-corrected chi connectivity index (χ2v) is 13.2. The quantitative estimate of drug-likeness (QED) is 0.112. The third-order valence-electron chi connectivity index (χ3n) is 6.90. The van der Waals surface area contributed by atoms with Crippen molar-refractivity contribution in [2.24, 2.45) is 0 Å². The van der Waals surface area contributed by atoms with Gasteiger partial charge in [0.25, 0.3) is 0 Å². The summed E-state index contributed by atoms with van der Waals surface area (Å²) in [6, 6.07) is 0. The number of halogens is 4. The summed E-state index contributed by atoms with van der Waals surface area (Å²) in [5.41, 5.74) is 17.4. The lowest BCUT2D eigenvalue weighted by Gasteiger charge is -2.11. The third kappa shape index (κ3) is 6.16. The first kappa shape index (κ1) is 32.2. The van der Waals surface area contributed by atoms with E-state index in [1.54, 1.807) is 28.0 Å². The standard InChI is InChI=1S/C13H12Br2N6O.C13H12BrIN6O/c1-6-4-21(22)9(7(2)10(6)14)5-20-12-8(3-17-20)11(15)18-13(16)19-12;1-6-4-21(22)9(7(2)10(6)15)5-20-12-8(3-17-20)11(14)18-13(16)19-12/h2*3-4H,5H2,1-2H3,(H2,16,18,19). The second kappa shape index (κ2) is 12.6. The Balaban J connectivity index is 0.000000175. The Morgan fingerprint density at radius 1 is 0.727 bits per heavy atom. The fourth-order valence-electron chi connectivity index (χ4n) is 4.56. The zero-order valence-corrected chi connectivity index (χ0v) is 30.6. The van der Waals surface area contributed by atoms with E-state index in [-0.39, 0.29) is 11.9 Å². The van der Waals surface area contributed by atoms with Gasteiger partial charge in [0.1, 0.15) is 22.3 Å². The van der Waals surface area contributed by atoms with Crippen LogP contribution >= 0.6 is 70.4 Å². The summed E-state index contributed by atoms with van der Waals surface area (Å²) in [4.78, 5) is 16.5. The molecule has 0 saturated heterocycles. The van der Waals surface area contributed by atoms with Crippen molar-refractivity contribution in [1.29, 1.82) is 0 Å². The maximum absolute atomic E-state index is 12.2. The number of hydrogen-bond acceptors (Lipinski definition) is 10. The predicted molar refractivity (Wildman–Crippen MR) is 183 cm³/mol. The fraction of sp³-hybridized carbons (Fsp3) is 0.231. The monoisotopic (exact) mass is 900 g/mol. The minimum Gasteiger partial charge on any atom is -0.618 e. The van der Waals surface area contributed by atoms with E-state index >= 15 is 0 Å². The van der Waals surface area contributed by atoms with Gasteiger partial charge in [0.15, 0.2) is 23.7 Å². The van der Waals surface area contributed by atoms with Crippen LogP contribution in [0.1, 0.15) is 33.6 Å². The molecular formula is C26H24Br3IN12O2. The summed E-state index contributed by atoms with van der Waals surface area (Å²) in [7, 11) is 0. The number of rotatable bonds is 4. The van der Waals surface area contributed by atoms with Crippen LogP contribution in [0.5, 0.6) is 0 Å². The van der Waals surface area contributed by atoms with Crippen LogP contribution in [0.25, 0.3) is 22.1 Å². The topological polar surface area (TPSA) is 193 Å². The first-order chi connectivity index (χ1) is 20.8. The largest absolute Gasteiger partial charge is 0.618 e. The molecule has 0 radical (unpaired) electrons. The maximum Gasteiger partial charge on any atom is 0.223 e. The van der Waals surface area contributed by atoms with Crippen molar-refractivity contribution in [3.05, 3.63) is 86.1 Å². The summed E-state index contributed by atoms with van der Waals surface area (Å²) in [5.74, 6) is 0.310. The summed E-state index contributed by atoms with van der Waals surface area (Å²) >= 11 is 12.4. The second-order valence-electron chi connectivity index (χ2n) is 9.87. The van der Waals surface area contributed by atoms with Gasteiger partial charge in [-0.25, -0.2) is 19.3 Å². The highest BCUT2D eigenvalue weighted by molar-refractivity contribution is 14.1. The third-order valence-corrected chi connectivity index (χ3v) is 11.0. The molecular weight excluding hydrogens is 879 g/mol. The fourth-order valence-corrected chi connectivity index (χ4v) is 6.27. The minimum absolute atomic E-state index is 0.151. The number of nitrogens with zero attached hydrogens (tertiary/aromatic N) is 10. The molecule has 18 heteroatoms. The normalized spacial score (nSPS) is 11.3. The molecule has 0 aromatic carbocycles. The average Bonchev–Trinajstić information content (AvgIpc) is 3.55. The van der Waals surface area contributed by atoms with E-state index in [4.69, 9.17) is 11.5 Å². The summed E-state index contributed by atoms with van der Waals surface area (Å²) < 4.78 is 8.21. The van der Waals surface area contributed by atoms with Crippen molar-refractivity contribution in [2.75, 3.05) is 11.5 Å². The number of nitrogen functional groups attached to an aromatic ring is 2. The number of anilines is 2. The Labute approximate surface area is 289 Å². The van der Waals surface area contributed by atoms with Crippen molar-refractivity contribution in [3.8, 4) is 0 Å². The first-order valence-electron chi connectivity index (χ1n) is 12.8. The highest BCUT2D eigenvalue weighted by atomic mass is 127. The average molecular weight is 903 g/mol. The van der Waals surface area contributed by atoms with Crippen molar-refractivity contribution >= 4 is 104 Å². The summed E-state index contributed by atoms with van der Waals surface area (Å²) in [6.45, 7) is 8.23. The molecule has 14 nitrogen and oxygen atoms in total. The molecule has 6 heterocycles. The van der Waals surface area contributed by atoms with Gasteiger partial charge in [-0.05, 0) is 98.1 Å². The van der Waals surface area contributed by atoms with Gasteiger partial charge < -0.3 is 21.9 Å². The zero-order chi connectivity index (χ0) is 32.0. The van der Waals surface area contributed by atoms with E-state index in [0.29, 0.717) is 45.0 Å². The maximum atomic E-state index is 12.2. The van der Waals surface area contributed by atoms with Crippen LogP contribution < -0.4 is 20.9 Å². The molecule has 0 unspecified atom stereocenters. The van der Waals surface area contributed by atoms with Gasteiger partial charge in [-0.2, -0.15) is 29.6 Å². The SMILES string of the molecule is Cc1c[n+]([O-])c(Cn2ncc3c(Br)nc(N)nc32)c(C)c1Br.Cc1c[n+]([O-])c(Cn2ncc3c(Br)nc(N)nc32)c(C)c1I. The number of fused-ring (bicyclic) bond motifs is 2. The first-order valence-corrected chi connectivity index (χ1v) is 16.3. The van der Waals surface area contributed by atoms with E-state index in [0.717, 1.165) is 50.5 Å². The van der Waals surface area contributed by atoms with Crippen molar-refractivity contribution in [2.45, 2.75) is 40.8 Å². The van der Waals surface area contributed by atoms with E-state index in [2.05, 4.69) is 101 Å².